The highest BCUT2D eigenvalue weighted by atomic mass is 17.7. The molecule has 21 heavy (non-hydrogen) atoms. The molecule has 0 bridgehead atoms. The van der Waals surface area contributed by atoms with E-state index < -0.39 is 0 Å². The summed E-state index contributed by atoms with van der Waals surface area (Å²) in [6, 6.07) is 0. The summed E-state index contributed by atoms with van der Waals surface area (Å²) in [4.78, 5) is 10.1. The summed E-state index contributed by atoms with van der Waals surface area (Å²) in [5.41, 5.74) is -0.251. The van der Waals surface area contributed by atoms with E-state index in [4.69, 9.17) is 9.93 Å². The van der Waals surface area contributed by atoms with Gasteiger partial charge in [-0.25, -0.2) is 4.89 Å². The third-order valence-electron chi connectivity index (χ3n) is 4.18. The van der Waals surface area contributed by atoms with Gasteiger partial charge in [-0.05, 0) is 36.3 Å². The van der Waals surface area contributed by atoms with Crippen LogP contribution >= 0.6 is 0 Å². The molecular formula is C17H36O4. The Kier molecular flexibility index (Phi) is 14.7. The Morgan fingerprint density at radius 3 is 1.76 bits per heavy atom. The summed E-state index contributed by atoms with van der Waals surface area (Å²) in [5.74, 6) is 0. The van der Waals surface area contributed by atoms with E-state index in [1.165, 1.54) is 51.4 Å². The highest BCUT2D eigenvalue weighted by Crippen LogP contribution is 2.28. The van der Waals surface area contributed by atoms with Gasteiger partial charge in [-0.15, -0.1) is 0 Å². The number of unbranched alkanes of at least 4 members (excludes halogenated alkanes) is 7. The third kappa shape index (κ3) is 11.1. The second kappa shape index (κ2) is 14.8. The minimum absolute atomic E-state index is 0.251. The Bertz CT molecular complexity index is 205. The lowest BCUT2D eigenvalue weighted by Crippen LogP contribution is -2.31. The molecule has 0 spiro atoms. The van der Waals surface area contributed by atoms with Crippen LogP contribution in [-0.4, -0.2) is 12.2 Å². The van der Waals surface area contributed by atoms with Crippen molar-refractivity contribution in [2.75, 3.05) is 6.61 Å². The number of hydrogen-bond donors (Lipinski definition) is 0. The molecule has 128 valence electrons. The molecule has 0 N–H and O–H groups in total. The third-order valence-corrected chi connectivity index (χ3v) is 4.18. The lowest BCUT2D eigenvalue weighted by molar-refractivity contribution is -0.651. The normalized spacial score (nSPS) is 12.0. The van der Waals surface area contributed by atoms with E-state index in [0.717, 1.165) is 19.3 Å². The fourth-order valence-electron chi connectivity index (χ4n) is 2.50. The van der Waals surface area contributed by atoms with Crippen LogP contribution in [-0.2, 0) is 19.9 Å². The first kappa shape index (κ1) is 20.8. The van der Waals surface area contributed by atoms with Gasteiger partial charge < -0.3 is 0 Å². The fraction of sp³-hybridized carbons (Fsp3) is 1.00. The second-order valence-corrected chi connectivity index (χ2v) is 5.74. The molecular weight excluding hydrogens is 268 g/mol. The van der Waals surface area contributed by atoms with Crippen LogP contribution in [0.5, 0.6) is 0 Å². The van der Waals surface area contributed by atoms with Crippen molar-refractivity contribution >= 4 is 0 Å². The molecule has 4 heteroatoms. The van der Waals surface area contributed by atoms with Gasteiger partial charge in [0.2, 0.25) is 0 Å². The first-order chi connectivity index (χ1) is 10.2. The van der Waals surface area contributed by atoms with E-state index in [-0.39, 0.29) is 5.60 Å². The zero-order valence-corrected chi connectivity index (χ0v) is 14.6. The second-order valence-electron chi connectivity index (χ2n) is 5.74. The Morgan fingerprint density at radius 1 is 0.667 bits per heavy atom. The maximum Gasteiger partial charge on any atom is 0.106 e. The van der Waals surface area contributed by atoms with E-state index >= 15 is 0 Å². The average Bonchev–Trinajstić information content (AvgIpc) is 2.52. The van der Waals surface area contributed by atoms with Crippen molar-refractivity contribution < 1.29 is 19.9 Å². The quantitative estimate of drug-likeness (QED) is 0.202. The predicted octanol–water partition coefficient (Wildman–Crippen LogP) is 5.91. The number of hydrogen-bond acceptors (Lipinski definition) is 4. The van der Waals surface area contributed by atoms with E-state index in [1.54, 1.807) is 0 Å². The van der Waals surface area contributed by atoms with Gasteiger partial charge in [-0.3, -0.25) is 0 Å². The van der Waals surface area contributed by atoms with E-state index in [9.17, 15) is 0 Å². The Balaban J connectivity index is 3.72. The van der Waals surface area contributed by atoms with Crippen LogP contribution in [0.3, 0.4) is 0 Å². The standard InChI is InChI=1S/C17H36O4/c1-5-9-10-11-12-13-14-15-16-17(6-2,7-3)19-21-20-18-8-4/h5-16H2,1-4H3. The zero-order valence-electron chi connectivity index (χ0n) is 14.6. The van der Waals surface area contributed by atoms with Crippen LogP contribution in [0.2, 0.25) is 0 Å². The summed E-state index contributed by atoms with van der Waals surface area (Å²) >= 11 is 0. The van der Waals surface area contributed by atoms with E-state index in [1.807, 2.05) is 6.92 Å². The lowest BCUT2D eigenvalue weighted by Gasteiger charge is -2.28. The van der Waals surface area contributed by atoms with Crippen LogP contribution in [0.1, 0.15) is 98.3 Å². The van der Waals surface area contributed by atoms with Crippen molar-refractivity contribution in [3.63, 3.8) is 0 Å². The summed E-state index contributed by atoms with van der Waals surface area (Å²) in [5, 5.41) is 9.22. The largest absolute Gasteiger partial charge is 0.204 e. The lowest BCUT2D eigenvalue weighted by atomic mass is 9.90. The van der Waals surface area contributed by atoms with Crippen molar-refractivity contribution in [1.82, 2.24) is 0 Å². The van der Waals surface area contributed by atoms with Gasteiger partial charge in [0.15, 0.2) is 0 Å². The molecule has 0 aromatic rings. The van der Waals surface area contributed by atoms with Gasteiger partial charge in [-0.1, -0.05) is 72.1 Å². The van der Waals surface area contributed by atoms with Gasteiger partial charge in [-0.2, -0.15) is 4.89 Å². The molecule has 0 aromatic heterocycles. The minimum Gasteiger partial charge on any atom is -0.204 e. The van der Waals surface area contributed by atoms with Gasteiger partial charge in [0.05, 0.1) is 6.61 Å². The molecule has 0 fully saturated rings. The Labute approximate surface area is 131 Å². The molecule has 0 saturated carbocycles. The molecule has 0 aliphatic heterocycles. The summed E-state index contributed by atoms with van der Waals surface area (Å²) in [6.07, 6.45) is 13.4. The molecule has 0 amide bonds. The molecule has 0 heterocycles. The van der Waals surface area contributed by atoms with Gasteiger partial charge >= 0.3 is 0 Å². The molecule has 0 unspecified atom stereocenters. The molecule has 0 rings (SSSR count). The van der Waals surface area contributed by atoms with Crippen molar-refractivity contribution in [3.05, 3.63) is 0 Å². The van der Waals surface area contributed by atoms with Gasteiger partial charge in [0, 0.05) is 0 Å². The summed E-state index contributed by atoms with van der Waals surface area (Å²) in [6.45, 7) is 8.77. The average molecular weight is 304 g/mol. The zero-order chi connectivity index (χ0) is 15.8. The topological polar surface area (TPSA) is 36.9 Å². The maximum absolute atomic E-state index is 5.44. The molecule has 0 aliphatic rings. The van der Waals surface area contributed by atoms with Crippen molar-refractivity contribution in [3.8, 4) is 0 Å². The van der Waals surface area contributed by atoms with E-state index in [0.29, 0.717) is 6.61 Å². The SMILES string of the molecule is CCCCCCCCCCC(CC)(CC)OOOOCC. The van der Waals surface area contributed by atoms with Gasteiger partial charge in [0.25, 0.3) is 0 Å². The highest BCUT2D eigenvalue weighted by Gasteiger charge is 2.28. The van der Waals surface area contributed by atoms with Gasteiger partial charge in [0.1, 0.15) is 5.60 Å². The molecule has 0 radical (unpaired) electrons. The predicted molar refractivity (Wildman–Crippen MR) is 85.4 cm³/mol. The minimum atomic E-state index is -0.251. The van der Waals surface area contributed by atoms with Crippen LogP contribution < -0.4 is 0 Å². The van der Waals surface area contributed by atoms with Crippen LogP contribution in [0.4, 0.5) is 0 Å². The summed E-state index contributed by atoms with van der Waals surface area (Å²) in [7, 11) is 0. The molecule has 0 aromatic carbocycles. The molecule has 0 atom stereocenters. The monoisotopic (exact) mass is 304 g/mol. The Hall–Kier alpha value is -0.160. The Morgan fingerprint density at radius 2 is 1.24 bits per heavy atom. The van der Waals surface area contributed by atoms with E-state index in [2.05, 4.69) is 30.7 Å². The van der Waals surface area contributed by atoms with Crippen LogP contribution in [0, 0.1) is 0 Å². The van der Waals surface area contributed by atoms with Crippen molar-refractivity contribution in [1.29, 1.82) is 0 Å². The molecule has 0 aliphatic carbocycles. The van der Waals surface area contributed by atoms with Crippen LogP contribution in [0.25, 0.3) is 0 Å². The van der Waals surface area contributed by atoms with Crippen LogP contribution in [0.15, 0.2) is 0 Å². The molecule has 0 saturated heterocycles. The summed E-state index contributed by atoms with van der Waals surface area (Å²) < 4.78 is 0. The van der Waals surface area contributed by atoms with Crippen molar-refractivity contribution in [2.24, 2.45) is 0 Å². The first-order valence-electron chi connectivity index (χ1n) is 8.88. The molecule has 4 nitrogen and oxygen atoms in total. The maximum atomic E-state index is 5.44. The smallest absolute Gasteiger partial charge is 0.106 e. The highest BCUT2D eigenvalue weighted by molar-refractivity contribution is 4.76. The first-order valence-corrected chi connectivity index (χ1v) is 8.88. The number of rotatable bonds is 16. The van der Waals surface area contributed by atoms with Crippen molar-refractivity contribution in [2.45, 2.75) is 104 Å². The fourth-order valence-corrected chi connectivity index (χ4v) is 2.50.